The quantitative estimate of drug-likeness (QED) is 0.378. The number of hydrogen-bond acceptors (Lipinski definition) is 3. The van der Waals surface area contributed by atoms with Gasteiger partial charge < -0.3 is 4.98 Å². The highest BCUT2D eigenvalue weighted by Crippen LogP contribution is 2.27. The number of aromatic nitrogens is 4. The molecule has 0 aliphatic heterocycles. The van der Waals surface area contributed by atoms with Crippen LogP contribution in [0.1, 0.15) is 0 Å². The van der Waals surface area contributed by atoms with Gasteiger partial charge in [-0.15, -0.1) is 0 Å². The number of hydrogen-bond donors (Lipinski definition) is 1. The SMILES string of the molecule is Brc1ccc2[nH]c(-c3nc(-c4ccccc4)nc(-c4ccccc4)n3)cc2c1. The summed E-state index contributed by atoms with van der Waals surface area (Å²) >= 11 is 3.53. The van der Waals surface area contributed by atoms with Crippen molar-refractivity contribution >= 4 is 26.8 Å². The fraction of sp³-hybridized carbons (Fsp3) is 0. The molecule has 0 unspecified atom stereocenters. The Labute approximate surface area is 170 Å². The maximum atomic E-state index is 4.75. The molecule has 0 amide bonds. The van der Waals surface area contributed by atoms with Crippen molar-refractivity contribution < 1.29 is 0 Å². The normalized spacial score (nSPS) is 11.0. The Balaban J connectivity index is 1.72. The van der Waals surface area contributed by atoms with E-state index in [0.29, 0.717) is 17.5 Å². The van der Waals surface area contributed by atoms with E-state index < -0.39 is 0 Å². The van der Waals surface area contributed by atoms with Crippen LogP contribution in [0.2, 0.25) is 0 Å². The number of nitrogens with one attached hydrogen (secondary N) is 1. The third-order valence-corrected chi connectivity index (χ3v) is 5.02. The van der Waals surface area contributed by atoms with Crippen LogP contribution in [-0.4, -0.2) is 19.9 Å². The van der Waals surface area contributed by atoms with E-state index in [1.807, 2.05) is 72.8 Å². The van der Waals surface area contributed by atoms with E-state index in [9.17, 15) is 0 Å². The minimum Gasteiger partial charge on any atom is -0.352 e. The minimum atomic E-state index is 0.625. The summed E-state index contributed by atoms with van der Waals surface area (Å²) in [6, 6.07) is 28.2. The summed E-state index contributed by atoms with van der Waals surface area (Å²) in [5.74, 6) is 1.94. The predicted molar refractivity (Wildman–Crippen MR) is 116 cm³/mol. The van der Waals surface area contributed by atoms with Crippen LogP contribution in [0.4, 0.5) is 0 Å². The standard InChI is InChI=1S/C23H15BrN4/c24-18-11-12-19-17(13-18)14-20(25-19)23-27-21(15-7-3-1-4-8-15)26-22(28-23)16-9-5-2-6-10-16/h1-14,25H. The van der Waals surface area contributed by atoms with Crippen LogP contribution in [0.3, 0.4) is 0 Å². The average Bonchev–Trinajstić information content (AvgIpc) is 3.18. The second kappa shape index (κ2) is 7.02. The molecule has 1 N–H and O–H groups in total. The second-order valence-electron chi connectivity index (χ2n) is 6.45. The molecule has 0 saturated heterocycles. The molecule has 2 heterocycles. The highest BCUT2D eigenvalue weighted by molar-refractivity contribution is 9.10. The number of H-pyrrole nitrogens is 1. The van der Waals surface area contributed by atoms with Gasteiger partial charge in [-0.05, 0) is 24.3 Å². The van der Waals surface area contributed by atoms with Crippen molar-refractivity contribution in [3.63, 3.8) is 0 Å². The van der Waals surface area contributed by atoms with E-state index in [1.165, 1.54) is 0 Å². The van der Waals surface area contributed by atoms with Crippen LogP contribution < -0.4 is 0 Å². The lowest BCUT2D eigenvalue weighted by atomic mass is 10.2. The van der Waals surface area contributed by atoms with Gasteiger partial charge in [-0.25, -0.2) is 15.0 Å². The minimum absolute atomic E-state index is 0.625. The summed E-state index contributed by atoms with van der Waals surface area (Å²) in [6.45, 7) is 0. The summed E-state index contributed by atoms with van der Waals surface area (Å²) < 4.78 is 1.04. The molecule has 134 valence electrons. The maximum Gasteiger partial charge on any atom is 0.180 e. The largest absolute Gasteiger partial charge is 0.352 e. The first-order chi connectivity index (χ1) is 13.8. The van der Waals surface area contributed by atoms with Crippen molar-refractivity contribution in [2.75, 3.05) is 0 Å². The summed E-state index contributed by atoms with van der Waals surface area (Å²) in [7, 11) is 0. The van der Waals surface area contributed by atoms with Gasteiger partial charge in [0.05, 0.1) is 5.69 Å². The molecule has 0 spiro atoms. The third kappa shape index (κ3) is 3.21. The molecule has 0 atom stereocenters. The zero-order valence-electron chi connectivity index (χ0n) is 14.8. The van der Waals surface area contributed by atoms with Gasteiger partial charge in [0.25, 0.3) is 0 Å². The lowest BCUT2D eigenvalue weighted by Gasteiger charge is -2.07. The van der Waals surface area contributed by atoms with Crippen LogP contribution in [0.15, 0.2) is 89.4 Å². The van der Waals surface area contributed by atoms with Gasteiger partial charge in [0.2, 0.25) is 0 Å². The highest BCUT2D eigenvalue weighted by atomic mass is 79.9. The van der Waals surface area contributed by atoms with E-state index in [1.54, 1.807) is 0 Å². The van der Waals surface area contributed by atoms with E-state index in [2.05, 4.69) is 33.0 Å². The van der Waals surface area contributed by atoms with Gasteiger partial charge in [-0.1, -0.05) is 76.6 Å². The zero-order chi connectivity index (χ0) is 18.9. The van der Waals surface area contributed by atoms with Crippen molar-refractivity contribution in [3.05, 3.63) is 89.4 Å². The number of halogens is 1. The first-order valence-electron chi connectivity index (χ1n) is 8.92. The van der Waals surface area contributed by atoms with Crippen LogP contribution in [0, 0.1) is 0 Å². The summed E-state index contributed by atoms with van der Waals surface area (Å²) in [5.41, 5.74) is 3.83. The smallest absolute Gasteiger partial charge is 0.180 e. The molecule has 0 fully saturated rings. The molecule has 0 aliphatic carbocycles. The average molecular weight is 427 g/mol. The molecule has 0 aliphatic rings. The second-order valence-corrected chi connectivity index (χ2v) is 7.37. The van der Waals surface area contributed by atoms with Crippen LogP contribution in [0.25, 0.3) is 45.2 Å². The van der Waals surface area contributed by atoms with Crippen molar-refractivity contribution in [2.24, 2.45) is 0 Å². The number of nitrogens with zero attached hydrogens (tertiary/aromatic N) is 3. The Morgan fingerprint density at radius 2 is 1.18 bits per heavy atom. The predicted octanol–water partition coefficient (Wildman–Crippen LogP) is 6.12. The van der Waals surface area contributed by atoms with Crippen LogP contribution in [-0.2, 0) is 0 Å². The van der Waals surface area contributed by atoms with Crippen molar-refractivity contribution in [1.29, 1.82) is 0 Å². The Kier molecular flexibility index (Phi) is 4.22. The molecular weight excluding hydrogens is 412 g/mol. The monoisotopic (exact) mass is 426 g/mol. The molecule has 28 heavy (non-hydrogen) atoms. The lowest BCUT2D eigenvalue weighted by Crippen LogP contribution is -2.00. The van der Waals surface area contributed by atoms with Gasteiger partial charge in [0.15, 0.2) is 17.5 Å². The molecule has 5 aromatic rings. The highest BCUT2D eigenvalue weighted by Gasteiger charge is 2.13. The topological polar surface area (TPSA) is 54.5 Å². The summed E-state index contributed by atoms with van der Waals surface area (Å²) in [4.78, 5) is 17.7. The van der Waals surface area contributed by atoms with E-state index >= 15 is 0 Å². The molecule has 0 bridgehead atoms. The number of fused-ring (bicyclic) bond motifs is 1. The number of rotatable bonds is 3. The Bertz CT molecular complexity index is 1210. The van der Waals surface area contributed by atoms with Gasteiger partial charge in [0.1, 0.15) is 0 Å². The third-order valence-electron chi connectivity index (χ3n) is 4.52. The van der Waals surface area contributed by atoms with Crippen LogP contribution >= 0.6 is 15.9 Å². The van der Waals surface area contributed by atoms with Crippen LogP contribution in [0.5, 0.6) is 0 Å². The molecular formula is C23H15BrN4. The fourth-order valence-corrected chi connectivity index (χ4v) is 3.53. The van der Waals surface area contributed by atoms with E-state index in [4.69, 9.17) is 15.0 Å². The molecule has 0 saturated carbocycles. The molecule has 0 radical (unpaired) electrons. The molecule has 3 aromatic carbocycles. The Morgan fingerprint density at radius 3 is 1.79 bits per heavy atom. The first kappa shape index (κ1) is 16.8. The Morgan fingerprint density at radius 1 is 0.607 bits per heavy atom. The lowest BCUT2D eigenvalue weighted by molar-refractivity contribution is 1.07. The molecule has 2 aromatic heterocycles. The van der Waals surface area contributed by atoms with Gasteiger partial charge in [-0.2, -0.15) is 0 Å². The zero-order valence-corrected chi connectivity index (χ0v) is 16.4. The molecule has 5 heteroatoms. The summed E-state index contributed by atoms with van der Waals surface area (Å²) in [6.07, 6.45) is 0. The molecule has 4 nitrogen and oxygen atoms in total. The molecule has 5 rings (SSSR count). The first-order valence-corrected chi connectivity index (χ1v) is 9.71. The van der Waals surface area contributed by atoms with E-state index in [0.717, 1.165) is 32.2 Å². The maximum absolute atomic E-state index is 4.75. The number of aromatic amines is 1. The van der Waals surface area contributed by atoms with E-state index in [-0.39, 0.29) is 0 Å². The summed E-state index contributed by atoms with van der Waals surface area (Å²) in [5, 5.41) is 1.10. The van der Waals surface area contributed by atoms with Gasteiger partial charge >= 0.3 is 0 Å². The Hall–Kier alpha value is -3.31. The van der Waals surface area contributed by atoms with Gasteiger partial charge in [0, 0.05) is 26.5 Å². The van der Waals surface area contributed by atoms with Crippen molar-refractivity contribution in [3.8, 4) is 34.3 Å². The fourth-order valence-electron chi connectivity index (χ4n) is 3.15. The van der Waals surface area contributed by atoms with Crippen molar-refractivity contribution in [2.45, 2.75) is 0 Å². The van der Waals surface area contributed by atoms with Crippen molar-refractivity contribution in [1.82, 2.24) is 19.9 Å². The number of benzene rings is 3. The van der Waals surface area contributed by atoms with Gasteiger partial charge in [-0.3, -0.25) is 0 Å².